The number of aromatic amines is 1. The van der Waals surface area contributed by atoms with Crippen LogP contribution < -0.4 is 5.32 Å². The Balaban J connectivity index is 1.93. The molecule has 6 heteroatoms. The molecule has 0 saturated heterocycles. The maximum absolute atomic E-state index is 11.3. The highest BCUT2D eigenvalue weighted by Crippen LogP contribution is 2.32. The first kappa shape index (κ1) is 18.3. The third kappa shape index (κ3) is 3.55. The fraction of sp³-hybridized carbons (Fsp3) is 0.0435. The first-order valence-corrected chi connectivity index (χ1v) is 9.07. The number of carboxylic acids is 1. The lowest BCUT2D eigenvalue weighted by molar-refractivity contribution is 0.0697. The normalized spacial score (nSPS) is 11.6. The van der Waals surface area contributed by atoms with E-state index in [1.165, 1.54) is 12.1 Å². The zero-order chi connectivity index (χ0) is 20.4. The van der Waals surface area contributed by atoms with E-state index in [9.17, 15) is 15.0 Å². The molecule has 0 aliphatic rings. The molecule has 144 valence electrons. The summed E-state index contributed by atoms with van der Waals surface area (Å²) in [6.07, 6.45) is 0. The van der Waals surface area contributed by atoms with Gasteiger partial charge >= 0.3 is 5.97 Å². The van der Waals surface area contributed by atoms with Gasteiger partial charge in [-0.15, -0.1) is 0 Å². The summed E-state index contributed by atoms with van der Waals surface area (Å²) in [7, 11) is 1.85. The average Bonchev–Trinajstić information content (AvgIpc) is 3.07. The van der Waals surface area contributed by atoms with Gasteiger partial charge in [0.05, 0.1) is 22.5 Å². The Morgan fingerprint density at radius 2 is 1.69 bits per heavy atom. The second-order valence-corrected chi connectivity index (χ2v) is 6.54. The van der Waals surface area contributed by atoms with Crippen molar-refractivity contribution in [2.45, 2.75) is 0 Å². The van der Waals surface area contributed by atoms with Crippen LogP contribution >= 0.6 is 0 Å². The van der Waals surface area contributed by atoms with E-state index in [0.717, 1.165) is 16.9 Å². The van der Waals surface area contributed by atoms with E-state index in [0.29, 0.717) is 22.2 Å². The third-order valence-electron chi connectivity index (χ3n) is 4.71. The van der Waals surface area contributed by atoms with Crippen LogP contribution in [0.25, 0.3) is 10.9 Å². The zero-order valence-corrected chi connectivity index (χ0v) is 15.7. The van der Waals surface area contributed by atoms with Crippen LogP contribution in [0.3, 0.4) is 0 Å². The minimum atomic E-state index is -1.02. The van der Waals surface area contributed by atoms with Crippen LogP contribution in [0.4, 0.5) is 11.4 Å². The topological polar surface area (TPSA) is 97.7 Å². The quantitative estimate of drug-likeness (QED) is 0.372. The number of aromatic carboxylic acids is 1. The highest BCUT2D eigenvalue weighted by Gasteiger charge is 2.19. The number of hydrogen-bond donors (Lipinski definition) is 4. The van der Waals surface area contributed by atoms with Crippen LogP contribution in [0.5, 0.6) is 5.88 Å². The van der Waals surface area contributed by atoms with Crippen molar-refractivity contribution in [2.24, 2.45) is 4.99 Å². The van der Waals surface area contributed by atoms with E-state index in [4.69, 9.17) is 4.99 Å². The van der Waals surface area contributed by atoms with E-state index < -0.39 is 5.97 Å². The number of rotatable bonds is 5. The van der Waals surface area contributed by atoms with E-state index in [1.807, 2.05) is 61.6 Å². The molecule has 0 atom stereocenters. The molecule has 29 heavy (non-hydrogen) atoms. The SMILES string of the molecule is CNc1ccc(N=C(c2ccccc2)c2c(O)[nH]c3cc(C(=O)O)ccc23)cc1. The van der Waals surface area contributed by atoms with Crippen molar-refractivity contribution in [3.63, 3.8) is 0 Å². The predicted octanol–water partition coefficient (Wildman–Crippen LogP) is 4.78. The van der Waals surface area contributed by atoms with Crippen LogP contribution in [-0.2, 0) is 0 Å². The molecule has 4 rings (SSSR count). The predicted molar refractivity (Wildman–Crippen MR) is 115 cm³/mol. The van der Waals surface area contributed by atoms with Gasteiger partial charge in [-0.05, 0) is 36.4 Å². The van der Waals surface area contributed by atoms with Gasteiger partial charge in [-0.3, -0.25) is 0 Å². The number of carboxylic acid groups (broad SMARTS) is 1. The molecule has 4 aromatic rings. The molecule has 1 aromatic heterocycles. The summed E-state index contributed by atoms with van der Waals surface area (Å²) in [5.74, 6) is -1.08. The molecule has 0 bridgehead atoms. The number of anilines is 1. The Morgan fingerprint density at radius 1 is 0.966 bits per heavy atom. The maximum Gasteiger partial charge on any atom is 0.335 e. The number of benzene rings is 3. The number of nitrogens with zero attached hydrogens (tertiary/aromatic N) is 1. The van der Waals surface area contributed by atoms with Crippen molar-refractivity contribution in [1.29, 1.82) is 0 Å². The lowest BCUT2D eigenvalue weighted by Crippen LogP contribution is -2.03. The van der Waals surface area contributed by atoms with Crippen molar-refractivity contribution < 1.29 is 15.0 Å². The van der Waals surface area contributed by atoms with E-state index in [1.54, 1.807) is 6.07 Å². The zero-order valence-electron chi connectivity index (χ0n) is 15.7. The lowest BCUT2D eigenvalue weighted by Gasteiger charge is -2.08. The molecule has 0 aliphatic carbocycles. The summed E-state index contributed by atoms with van der Waals surface area (Å²) in [5, 5.41) is 23.7. The summed E-state index contributed by atoms with van der Waals surface area (Å²) in [6, 6.07) is 21.9. The number of aromatic nitrogens is 1. The molecular weight excluding hydrogens is 366 g/mol. The van der Waals surface area contributed by atoms with Crippen LogP contribution in [0.2, 0.25) is 0 Å². The molecule has 0 fully saturated rings. The van der Waals surface area contributed by atoms with Crippen LogP contribution in [0, 0.1) is 0 Å². The number of H-pyrrole nitrogens is 1. The Labute approximate surface area is 167 Å². The number of carbonyl (C=O) groups is 1. The second-order valence-electron chi connectivity index (χ2n) is 6.54. The first-order valence-electron chi connectivity index (χ1n) is 9.07. The van der Waals surface area contributed by atoms with Gasteiger partial charge in [0.1, 0.15) is 0 Å². The van der Waals surface area contributed by atoms with Gasteiger partial charge in [0.2, 0.25) is 0 Å². The summed E-state index contributed by atoms with van der Waals surface area (Å²) in [4.78, 5) is 19.0. The van der Waals surface area contributed by atoms with Gasteiger partial charge in [-0.25, -0.2) is 9.79 Å². The number of hydrogen-bond acceptors (Lipinski definition) is 4. The van der Waals surface area contributed by atoms with Gasteiger partial charge in [0.15, 0.2) is 5.88 Å². The smallest absolute Gasteiger partial charge is 0.335 e. The van der Waals surface area contributed by atoms with Gasteiger partial charge in [-0.2, -0.15) is 0 Å². The summed E-state index contributed by atoms with van der Waals surface area (Å²) in [5.41, 5.74) is 4.34. The number of nitrogens with one attached hydrogen (secondary N) is 2. The monoisotopic (exact) mass is 385 g/mol. The van der Waals surface area contributed by atoms with E-state index >= 15 is 0 Å². The minimum Gasteiger partial charge on any atom is -0.494 e. The summed E-state index contributed by atoms with van der Waals surface area (Å²) >= 11 is 0. The molecule has 0 aliphatic heterocycles. The molecule has 4 N–H and O–H groups in total. The number of aromatic hydroxyl groups is 1. The average molecular weight is 385 g/mol. The van der Waals surface area contributed by atoms with Gasteiger partial charge in [0.25, 0.3) is 0 Å². The van der Waals surface area contributed by atoms with Gasteiger partial charge < -0.3 is 20.5 Å². The van der Waals surface area contributed by atoms with Crippen molar-refractivity contribution >= 4 is 34.0 Å². The van der Waals surface area contributed by atoms with Gasteiger partial charge in [-0.1, -0.05) is 36.4 Å². The molecule has 0 radical (unpaired) electrons. The first-order chi connectivity index (χ1) is 14.1. The number of fused-ring (bicyclic) bond motifs is 1. The second kappa shape index (κ2) is 7.52. The Kier molecular flexibility index (Phi) is 4.75. The fourth-order valence-corrected chi connectivity index (χ4v) is 3.25. The molecule has 0 unspecified atom stereocenters. The Morgan fingerprint density at radius 3 is 2.34 bits per heavy atom. The highest BCUT2D eigenvalue weighted by atomic mass is 16.4. The highest BCUT2D eigenvalue weighted by molar-refractivity contribution is 6.22. The minimum absolute atomic E-state index is 0.0583. The Hall–Kier alpha value is -4.06. The molecule has 6 nitrogen and oxygen atoms in total. The standard InChI is InChI=1S/C23H19N3O3/c1-24-16-8-10-17(11-9-16)25-21(14-5-3-2-4-6-14)20-18-12-7-15(23(28)29)13-19(18)26-22(20)27/h2-13,24,26-27H,1H3,(H,28,29). The van der Waals surface area contributed by atoms with Gasteiger partial charge in [0, 0.05) is 29.2 Å². The fourth-order valence-electron chi connectivity index (χ4n) is 3.25. The molecule has 3 aromatic carbocycles. The van der Waals surface area contributed by atoms with Crippen molar-refractivity contribution in [3.05, 3.63) is 89.5 Å². The van der Waals surface area contributed by atoms with E-state index in [2.05, 4.69) is 10.3 Å². The van der Waals surface area contributed by atoms with Crippen molar-refractivity contribution in [3.8, 4) is 5.88 Å². The van der Waals surface area contributed by atoms with Crippen molar-refractivity contribution in [1.82, 2.24) is 4.98 Å². The van der Waals surface area contributed by atoms with Crippen LogP contribution in [-0.4, -0.2) is 33.9 Å². The number of aliphatic imine (C=N–C) groups is 1. The summed E-state index contributed by atoms with van der Waals surface area (Å²) in [6.45, 7) is 0. The largest absolute Gasteiger partial charge is 0.494 e. The molecule has 1 heterocycles. The Bertz CT molecular complexity index is 1210. The molecule has 0 saturated carbocycles. The summed E-state index contributed by atoms with van der Waals surface area (Å²) < 4.78 is 0. The molecule has 0 spiro atoms. The maximum atomic E-state index is 11.3. The molecule has 0 amide bonds. The van der Waals surface area contributed by atoms with E-state index in [-0.39, 0.29) is 11.4 Å². The van der Waals surface area contributed by atoms with Crippen molar-refractivity contribution in [2.75, 3.05) is 12.4 Å². The van der Waals surface area contributed by atoms with Crippen LogP contribution in [0.15, 0.2) is 77.8 Å². The molecular formula is C23H19N3O3. The van der Waals surface area contributed by atoms with Crippen LogP contribution in [0.1, 0.15) is 21.5 Å². The lowest BCUT2D eigenvalue weighted by atomic mass is 10.00. The third-order valence-corrected chi connectivity index (χ3v) is 4.71.